The Kier molecular flexibility index (Phi) is 20.8. The molecule has 0 spiro atoms. The van der Waals surface area contributed by atoms with Gasteiger partial charge in [0.2, 0.25) is 0 Å². The van der Waals surface area contributed by atoms with Crippen molar-refractivity contribution < 1.29 is 53.3 Å². The molecule has 98 valence electrons. The number of esters is 2. The zero-order valence-electron chi connectivity index (χ0n) is 9.88. The minimum Gasteiger partial charge on any atom is -0.393 e. The maximum atomic E-state index is 11.0. The zero-order valence-corrected chi connectivity index (χ0v) is 13.4. The van der Waals surface area contributed by atoms with E-state index in [0.29, 0.717) is 6.42 Å². The van der Waals surface area contributed by atoms with Gasteiger partial charge in [0.25, 0.3) is 0 Å². The van der Waals surface area contributed by atoms with E-state index in [1.165, 1.54) is 12.8 Å². The van der Waals surface area contributed by atoms with Crippen molar-refractivity contribution in [3.63, 3.8) is 0 Å². The van der Waals surface area contributed by atoms with Crippen LogP contribution in [0.5, 0.6) is 0 Å². The summed E-state index contributed by atoms with van der Waals surface area (Å²) < 4.78 is 4.53. The van der Waals surface area contributed by atoms with Gasteiger partial charge in [0, 0.05) is 51.8 Å². The van der Waals surface area contributed by atoms with Gasteiger partial charge in [-0.25, -0.2) is 0 Å². The van der Waals surface area contributed by atoms with Crippen molar-refractivity contribution in [2.24, 2.45) is 0 Å². The molecule has 16 heavy (non-hydrogen) atoms. The molecule has 3 nitrogen and oxygen atoms in total. The molecule has 0 saturated heterocycles. The molecule has 0 radical (unpaired) electrons. The van der Waals surface area contributed by atoms with Crippen molar-refractivity contribution in [1.82, 2.24) is 0 Å². The second-order valence-electron chi connectivity index (χ2n) is 3.36. The molecule has 0 rings (SSSR count). The van der Waals surface area contributed by atoms with Crippen LogP contribution in [0, 0.1) is 0 Å². The number of carbonyl (C=O) groups is 2. The van der Waals surface area contributed by atoms with E-state index in [9.17, 15) is 9.59 Å². The van der Waals surface area contributed by atoms with Crippen molar-refractivity contribution in [2.45, 2.75) is 58.8 Å². The fourth-order valence-electron chi connectivity index (χ4n) is 1.12. The molecule has 0 saturated carbocycles. The Morgan fingerprint density at radius 2 is 1.44 bits per heavy atom. The van der Waals surface area contributed by atoms with Crippen LogP contribution in [-0.4, -0.2) is 11.9 Å². The normalized spacial score (nSPS) is 8.62. The topological polar surface area (TPSA) is 43.4 Å². The Labute approximate surface area is 124 Å². The third-order valence-corrected chi connectivity index (χ3v) is 2.00. The van der Waals surface area contributed by atoms with E-state index in [2.05, 4.69) is 11.7 Å². The van der Waals surface area contributed by atoms with Gasteiger partial charge in [-0.05, 0) is 6.42 Å². The molecule has 0 aliphatic carbocycles. The van der Waals surface area contributed by atoms with E-state index in [0.717, 1.165) is 19.3 Å². The first kappa shape index (κ1) is 21.6. The largest absolute Gasteiger partial charge is 0.393 e. The molecule has 0 N–H and O–H groups in total. The fourth-order valence-corrected chi connectivity index (χ4v) is 1.12. The third kappa shape index (κ3) is 14.4. The smallest absolute Gasteiger partial charge is 0.313 e. The van der Waals surface area contributed by atoms with Crippen LogP contribution < -0.4 is 0 Å². The summed E-state index contributed by atoms with van der Waals surface area (Å²) in [6.07, 6.45) is 6.07. The molecule has 0 aromatic heterocycles. The van der Waals surface area contributed by atoms with Crippen molar-refractivity contribution in [2.75, 3.05) is 0 Å². The Balaban J connectivity index is -0.000000845. The number of rotatable bonds is 7. The molecule has 0 aliphatic heterocycles. The maximum absolute atomic E-state index is 11.0. The van der Waals surface area contributed by atoms with E-state index in [1.54, 1.807) is 6.92 Å². The molecule has 0 amide bonds. The average Bonchev–Trinajstić information content (AvgIpc) is 2.17. The standard InChI is InChI=1S/C11H20O3.2Ru/c1-3-5-6-7-8-9-11(13)14-10(12)4-2;;/h3-9H2,1-2H3;;. The SMILES string of the molecule is CCCCCCCC(=O)OC(=O)CC.[Ru].[Ru]. The monoisotopic (exact) mass is 404 g/mol. The second-order valence-corrected chi connectivity index (χ2v) is 3.36. The third-order valence-electron chi connectivity index (χ3n) is 2.00. The maximum Gasteiger partial charge on any atom is 0.313 e. The fraction of sp³-hybridized carbons (Fsp3) is 0.818. The number of ether oxygens (including phenoxy) is 1. The summed E-state index contributed by atoms with van der Waals surface area (Å²) in [5.41, 5.74) is 0. The Morgan fingerprint density at radius 3 is 1.94 bits per heavy atom. The molecule has 0 atom stereocenters. The van der Waals surface area contributed by atoms with Gasteiger partial charge in [0.15, 0.2) is 0 Å². The number of unbranched alkanes of at least 4 members (excludes halogenated alkanes) is 4. The van der Waals surface area contributed by atoms with Crippen molar-refractivity contribution in [3.8, 4) is 0 Å². The molecular weight excluding hydrogens is 382 g/mol. The van der Waals surface area contributed by atoms with E-state index >= 15 is 0 Å². The quantitative estimate of drug-likeness (QED) is 0.285. The van der Waals surface area contributed by atoms with Gasteiger partial charge in [-0.15, -0.1) is 0 Å². The Bertz CT molecular complexity index is 184. The minimum absolute atomic E-state index is 0. The van der Waals surface area contributed by atoms with Gasteiger partial charge in [-0.3, -0.25) is 9.59 Å². The average molecular weight is 402 g/mol. The summed E-state index contributed by atoms with van der Waals surface area (Å²) >= 11 is 0. The summed E-state index contributed by atoms with van der Waals surface area (Å²) in [4.78, 5) is 21.7. The van der Waals surface area contributed by atoms with Crippen molar-refractivity contribution >= 4 is 11.9 Å². The van der Waals surface area contributed by atoms with E-state index in [1.807, 2.05) is 0 Å². The van der Waals surface area contributed by atoms with Crippen LogP contribution in [0.4, 0.5) is 0 Å². The first-order valence-electron chi connectivity index (χ1n) is 5.44. The Hall–Kier alpha value is 0.387. The van der Waals surface area contributed by atoms with Gasteiger partial charge >= 0.3 is 11.9 Å². The predicted octanol–water partition coefficient (Wildman–Crippen LogP) is 2.82. The summed E-state index contributed by atoms with van der Waals surface area (Å²) in [7, 11) is 0. The van der Waals surface area contributed by atoms with E-state index in [-0.39, 0.29) is 51.3 Å². The second kappa shape index (κ2) is 15.4. The summed E-state index contributed by atoms with van der Waals surface area (Å²) in [6.45, 7) is 3.82. The van der Waals surface area contributed by atoms with Crippen LogP contribution >= 0.6 is 0 Å². The number of hydrogen-bond acceptors (Lipinski definition) is 3. The van der Waals surface area contributed by atoms with Gasteiger partial charge < -0.3 is 4.74 Å². The molecule has 0 unspecified atom stereocenters. The van der Waals surface area contributed by atoms with Crippen LogP contribution in [0.1, 0.15) is 58.8 Å². The van der Waals surface area contributed by atoms with Gasteiger partial charge in [0.1, 0.15) is 0 Å². The number of hydrogen-bond donors (Lipinski definition) is 0. The van der Waals surface area contributed by atoms with E-state index < -0.39 is 5.97 Å². The number of carbonyl (C=O) groups excluding carboxylic acids is 2. The summed E-state index contributed by atoms with van der Waals surface area (Å²) in [5.74, 6) is -0.808. The van der Waals surface area contributed by atoms with Gasteiger partial charge in [-0.1, -0.05) is 39.5 Å². The molecule has 0 heterocycles. The van der Waals surface area contributed by atoms with Crippen molar-refractivity contribution in [3.05, 3.63) is 0 Å². The first-order valence-corrected chi connectivity index (χ1v) is 5.44. The van der Waals surface area contributed by atoms with Crippen LogP contribution in [0.2, 0.25) is 0 Å². The molecule has 0 aromatic carbocycles. The zero-order chi connectivity index (χ0) is 10.8. The van der Waals surface area contributed by atoms with Crippen LogP contribution in [-0.2, 0) is 53.3 Å². The van der Waals surface area contributed by atoms with E-state index in [4.69, 9.17) is 0 Å². The minimum atomic E-state index is -0.427. The molecular formula is C11H20O3Ru2. The van der Waals surface area contributed by atoms with Crippen LogP contribution in [0.15, 0.2) is 0 Å². The molecule has 5 heteroatoms. The molecule has 0 fully saturated rings. The van der Waals surface area contributed by atoms with Crippen LogP contribution in [0.3, 0.4) is 0 Å². The van der Waals surface area contributed by atoms with Crippen molar-refractivity contribution in [1.29, 1.82) is 0 Å². The van der Waals surface area contributed by atoms with Gasteiger partial charge in [-0.2, -0.15) is 0 Å². The predicted molar refractivity (Wildman–Crippen MR) is 54.8 cm³/mol. The Morgan fingerprint density at radius 1 is 0.875 bits per heavy atom. The summed E-state index contributed by atoms with van der Waals surface area (Å²) in [5, 5.41) is 0. The first-order chi connectivity index (χ1) is 6.70. The summed E-state index contributed by atoms with van der Waals surface area (Å²) in [6, 6.07) is 0. The van der Waals surface area contributed by atoms with Crippen LogP contribution in [0.25, 0.3) is 0 Å². The molecule has 0 bridgehead atoms. The van der Waals surface area contributed by atoms with Gasteiger partial charge in [0.05, 0.1) is 0 Å². The molecule has 0 aromatic rings. The molecule has 0 aliphatic rings.